The van der Waals surface area contributed by atoms with Crippen LogP contribution in [0.1, 0.15) is 18.6 Å². The maximum Gasteiger partial charge on any atom is 0.322 e. The lowest BCUT2D eigenvalue weighted by Gasteiger charge is -2.25. The van der Waals surface area contributed by atoms with Crippen LogP contribution in [-0.4, -0.2) is 40.9 Å². The van der Waals surface area contributed by atoms with Crippen LogP contribution in [0.15, 0.2) is 24.3 Å². The van der Waals surface area contributed by atoms with Crippen molar-refractivity contribution in [3.05, 3.63) is 29.8 Å². The molecule has 1 saturated heterocycles. The highest BCUT2D eigenvalue weighted by atomic mass is 16.3. The van der Waals surface area contributed by atoms with Crippen LogP contribution < -0.4 is 10.6 Å². The molecule has 3 N–H and O–H groups in total. The minimum absolute atomic E-state index is 0.159. The second kappa shape index (κ2) is 5.70. The fourth-order valence-corrected chi connectivity index (χ4v) is 1.86. The zero-order valence-electron chi connectivity index (χ0n) is 10.9. The van der Waals surface area contributed by atoms with Crippen LogP contribution in [0.4, 0.5) is 10.5 Å². The van der Waals surface area contributed by atoms with Gasteiger partial charge in [-0.2, -0.15) is 0 Å². The monoisotopic (exact) mass is 277 g/mol. The molecule has 7 nitrogen and oxygen atoms in total. The Bertz CT molecular complexity index is 540. The third-order valence-corrected chi connectivity index (χ3v) is 2.86. The quantitative estimate of drug-likeness (QED) is 0.674. The van der Waals surface area contributed by atoms with E-state index in [0.717, 1.165) is 4.90 Å². The fourth-order valence-electron chi connectivity index (χ4n) is 1.86. The van der Waals surface area contributed by atoms with E-state index in [4.69, 9.17) is 0 Å². The summed E-state index contributed by atoms with van der Waals surface area (Å²) >= 11 is 0. The number of hydrogen-bond acceptors (Lipinski definition) is 4. The molecule has 0 radical (unpaired) electrons. The number of rotatable bonds is 2. The zero-order chi connectivity index (χ0) is 14.7. The molecule has 1 atom stereocenters. The Balaban J connectivity index is 2.06. The van der Waals surface area contributed by atoms with Crippen molar-refractivity contribution in [1.29, 1.82) is 0 Å². The molecular formula is C13H15N3O4. The predicted octanol–water partition coefficient (Wildman–Crippen LogP) is 0.230. The summed E-state index contributed by atoms with van der Waals surface area (Å²) in [6, 6.07) is 6.20. The summed E-state index contributed by atoms with van der Waals surface area (Å²) in [5, 5.41) is 14.2. The smallest absolute Gasteiger partial charge is 0.322 e. The van der Waals surface area contributed by atoms with Crippen molar-refractivity contribution in [2.75, 3.05) is 18.4 Å². The lowest BCUT2D eigenvalue weighted by atomic mass is 10.1. The third-order valence-electron chi connectivity index (χ3n) is 2.86. The SMILES string of the molecule is CC(O)c1cccc(NC(=O)N2CC(=O)NC(=O)C2)c1. The van der Waals surface area contributed by atoms with Gasteiger partial charge in [0.25, 0.3) is 0 Å². The van der Waals surface area contributed by atoms with Crippen molar-refractivity contribution in [1.82, 2.24) is 10.2 Å². The molecule has 0 bridgehead atoms. The van der Waals surface area contributed by atoms with Gasteiger partial charge < -0.3 is 15.3 Å². The number of imide groups is 1. The van der Waals surface area contributed by atoms with Gasteiger partial charge in [-0.1, -0.05) is 12.1 Å². The minimum Gasteiger partial charge on any atom is -0.389 e. The van der Waals surface area contributed by atoms with Crippen molar-refractivity contribution >= 4 is 23.5 Å². The molecule has 1 aliphatic heterocycles. The lowest BCUT2D eigenvalue weighted by Crippen LogP contribution is -2.54. The highest BCUT2D eigenvalue weighted by Gasteiger charge is 2.26. The van der Waals surface area contributed by atoms with Crippen molar-refractivity contribution in [3.63, 3.8) is 0 Å². The molecule has 0 aromatic heterocycles. The van der Waals surface area contributed by atoms with E-state index < -0.39 is 23.9 Å². The van der Waals surface area contributed by atoms with Crippen LogP contribution in [0, 0.1) is 0 Å². The Morgan fingerprint density at radius 3 is 2.60 bits per heavy atom. The Hall–Kier alpha value is -2.41. The largest absolute Gasteiger partial charge is 0.389 e. The maximum absolute atomic E-state index is 12.0. The van der Waals surface area contributed by atoms with Gasteiger partial charge in [-0.05, 0) is 24.6 Å². The van der Waals surface area contributed by atoms with Crippen molar-refractivity contribution in [3.8, 4) is 0 Å². The molecule has 106 valence electrons. The average Bonchev–Trinajstić information content (AvgIpc) is 2.37. The Kier molecular flexibility index (Phi) is 3.99. The van der Waals surface area contributed by atoms with Crippen LogP contribution in [0.3, 0.4) is 0 Å². The van der Waals surface area contributed by atoms with Gasteiger partial charge in [0, 0.05) is 5.69 Å². The number of nitrogens with one attached hydrogen (secondary N) is 2. The van der Waals surface area contributed by atoms with Crippen LogP contribution in [0.5, 0.6) is 0 Å². The fraction of sp³-hybridized carbons (Fsp3) is 0.308. The van der Waals surface area contributed by atoms with E-state index in [1.165, 1.54) is 0 Å². The van der Waals surface area contributed by atoms with Gasteiger partial charge in [0.05, 0.1) is 6.10 Å². The van der Waals surface area contributed by atoms with Gasteiger partial charge in [-0.3, -0.25) is 14.9 Å². The van der Waals surface area contributed by atoms with Gasteiger partial charge >= 0.3 is 6.03 Å². The second-order valence-electron chi connectivity index (χ2n) is 4.56. The molecule has 0 spiro atoms. The number of amides is 4. The first kappa shape index (κ1) is 14.0. The lowest BCUT2D eigenvalue weighted by molar-refractivity contribution is -0.134. The first-order valence-electron chi connectivity index (χ1n) is 6.12. The van der Waals surface area contributed by atoms with E-state index in [2.05, 4.69) is 10.6 Å². The number of benzene rings is 1. The number of piperazine rings is 1. The van der Waals surface area contributed by atoms with Gasteiger partial charge in [0.2, 0.25) is 11.8 Å². The van der Waals surface area contributed by atoms with E-state index in [1.54, 1.807) is 31.2 Å². The third kappa shape index (κ3) is 3.33. The number of carbonyl (C=O) groups excluding carboxylic acids is 3. The molecule has 1 aromatic rings. The Morgan fingerprint density at radius 1 is 1.35 bits per heavy atom. The second-order valence-corrected chi connectivity index (χ2v) is 4.56. The van der Waals surface area contributed by atoms with E-state index in [-0.39, 0.29) is 13.1 Å². The molecule has 1 unspecified atom stereocenters. The summed E-state index contributed by atoms with van der Waals surface area (Å²) in [4.78, 5) is 35.5. The van der Waals surface area contributed by atoms with Crippen molar-refractivity contribution in [2.45, 2.75) is 13.0 Å². The molecular weight excluding hydrogens is 262 g/mol. The predicted molar refractivity (Wildman–Crippen MR) is 70.8 cm³/mol. The zero-order valence-corrected chi connectivity index (χ0v) is 10.9. The summed E-state index contributed by atoms with van der Waals surface area (Å²) in [7, 11) is 0. The molecule has 7 heteroatoms. The topological polar surface area (TPSA) is 98.7 Å². The van der Waals surface area contributed by atoms with E-state index in [1.807, 2.05) is 0 Å². The number of nitrogens with zero attached hydrogens (tertiary/aromatic N) is 1. The molecule has 1 fully saturated rings. The molecule has 0 saturated carbocycles. The summed E-state index contributed by atoms with van der Waals surface area (Å²) in [6.07, 6.45) is -0.644. The first-order chi connectivity index (χ1) is 9.45. The van der Waals surface area contributed by atoms with Gasteiger partial charge in [0.15, 0.2) is 0 Å². The minimum atomic E-state index is -0.644. The maximum atomic E-state index is 12.0. The number of urea groups is 1. The summed E-state index contributed by atoms with van der Waals surface area (Å²) in [6.45, 7) is 1.30. The first-order valence-corrected chi connectivity index (χ1v) is 6.12. The van der Waals surface area contributed by atoms with E-state index in [9.17, 15) is 19.5 Å². The standard InChI is InChI=1S/C13H15N3O4/c1-8(17)9-3-2-4-10(5-9)14-13(20)16-6-11(18)15-12(19)7-16/h2-5,8,17H,6-7H2,1H3,(H,14,20)(H,15,18,19). The highest BCUT2D eigenvalue weighted by Crippen LogP contribution is 2.17. The molecule has 0 aliphatic carbocycles. The molecule has 1 aromatic carbocycles. The van der Waals surface area contributed by atoms with Gasteiger partial charge in [0.1, 0.15) is 13.1 Å². The van der Waals surface area contributed by atoms with E-state index >= 15 is 0 Å². The summed E-state index contributed by atoms with van der Waals surface area (Å²) in [5.41, 5.74) is 1.15. The Morgan fingerprint density at radius 2 is 2.00 bits per heavy atom. The average molecular weight is 277 g/mol. The number of anilines is 1. The summed E-state index contributed by atoms with van der Waals surface area (Å²) in [5.74, 6) is -1.01. The van der Waals surface area contributed by atoms with Crippen LogP contribution in [0.25, 0.3) is 0 Å². The van der Waals surface area contributed by atoms with Crippen molar-refractivity contribution < 1.29 is 19.5 Å². The number of aliphatic hydroxyl groups excluding tert-OH is 1. The number of carbonyl (C=O) groups is 3. The van der Waals surface area contributed by atoms with Gasteiger partial charge in [-0.15, -0.1) is 0 Å². The molecule has 1 aliphatic rings. The molecule has 1 heterocycles. The van der Waals surface area contributed by atoms with Gasteiger partial charge in [-0.25, -0.2) is 4.79 Å². The number of hydrogen-bond donors (Lipinski definition) is 3. The normalized spacial score (nSPS) is 16.6. The summed E-state index contributed by atoms with van der Waals surface area (Å²) < 4.78 is 0. The Labute approximate surface area is 115 Å². The number of aliphatic hydroxyl groups is 1. The van der Waals surface area contributed by atoms with E-state index in [0.29, 0.717) is 11.3 Å². The van der Waals surface area contributed by atoms with Crippen LogP contribution in [-0.2, 0) is 9.59 Å². The molecule has 4 amide bonds. The van der Waals surface area contributed by atoms with Crippen LogP contribution >= 0.6 is 0 Å². The molecule has 20 heavy (non-hydrogen) atoms. The molecule has 2 rings (SSSR count). The highest BCUT2D eigenvalue weighted by molar-refractivity contribution is 6.04. The van der Waals surface area contributed by atoms with Crippen LogP contribution in [0.2, 0.25) is 0 Å². The van der Waals surface area contributed by atoms with Crippen molar-refractivity contribution in [2.24, 2.45) is 0 Å².